The minimum Gasteiger partial charge on any atom is -0.345 e. The Morgan fingerprint density at radius 2 is 2.18 bits per heavy atom. The van der Waals surface area contributed by atoms with Crippen molar-refractivity contribution < 1.29 is 4.79 Å². The van der Waals surface area contributed by atoms with E-state index in [0.717, 1.165) is 16.6 Å². The third kappa shape index (κ3) is 3.27. The Bertz CT molecular complexity index is 889. The van der Waals surface area contributed by atoms with Gasteiger partial charge in [-0.2, -0.15) is 0 Å². The van der Waals surface area contributed by atoms with E-state index in [4.69, 9.17) is 11.6 Å². The lowest BCUT2D eigenvalue weighted by Crippen LogP contribution is -2.23. The molecular formula is C17H12ClN3O. The van der Waals surface area contributed by atoms with Gasteiger partial charge in [0, 0.05) is 16.1 Å². The molecule has 3 rings (SSSR count). The highest BCUT2D eigenvalue weighted by Gasteiger charge is 2.05. The van der Waals surface area contributed by atoms with Crippen molar-refractivity contribution in [3.8, 4) is 11.8 Å². The lowest BCUT2D eigenvalue weighted by molar-refractivity contribution is 0.0959. The van der Waals surface area contributed by atoms with E-state index in [1.54, 1.807) is 36.7 Å². The maximum Gasteiger partial charge on any atom is 0.252 e. The van der Waals surface area contributed by atoms with Crippen LogP contribution in [0.2, 0.25) is 5.02 Å². The van der Waals surface area contributed by atoms with Gasteiger partial charge in [-0.1, -0.05) is 29.5 Å². The second-order valence-corrected chi connectivity index (χ2v) is 5.07. The molecule has 0 aliphatic carbocycles. The minimum absolute atomic E-state index is 0.170. The van der Waals surface area contributed by atoms with Crippen LogP contribution in [0, 0.1) is 11.8 Å². The van der Waals surface area contributed by atoms with E-state index < -0.39 is 0 Å². The van der Waals surface area contributed by atoms with Crippen molar-refractivity contribution >= 4 is 28.5 Å². The molecule has 0 spiro atoms. The van der Waals surface area contributed by atoms with Gasteiger partial charge >= 0.3 is 0 Å². The van der Waals surface area contributed by atoms with Crippen molar-refractivity contribution in [2.75, 3.05) is 6.54 Å². The molecule has 1 amide bonds. The van der Waals surface area contributed by atoms with E-state index in [1.165, 1.54) is 0 Å². The number of imidazole rings is 1. The second-order valence-electron chi connectivity index (χ2n) is 4.63. The Morgan fingerprint density at radius 3 is 3.05 bits per heavy atom. The molecule has 0 saturated heterocycles. The van der Waals surface area contributed by atoms with Gasteiger partial charge in [0.25, 0.3) is 5.91 Å². The van der Waals surface area contributed by atoms with Gasteiger partial charge in [-0.15, -0.1) is 0 Å². The monoisotopic (exact) mass is 309 g/mol. The summed E-state index contributed by atoms with van der Waals surface area (Å²) in [6, 6.07) is 12.6. The number of aromatic nitrogens is 2. The Kier molecular flexibility index (Phi) is 4.08. The number of nitrogens with zero attached hydrogens (tertiary/aromatic N) is 1. The molecule has 22 heavy (non-hydrogen) atoms. The fraction of sp³-hybridized carbons (Fsp3) is 0.0588. The lowest BCUT2D eigenvalue weighted by Gasteiger charge is -2.01. The van der Waals surface area contributed by atoms with Crippen LogP contribution in [0.25, 0.3) is 11.0 Å². The van der Waals surface area contributed by atoms with Crippen LogP contribution in [-0.4, -0.2) is 22.4 Å². The molecule has 0 aliphatic heterocycles. The normalized spacial score (nSPS) is 10.0. The molecule has 0 atom stereocenters. The molecule has 0 fully saturated rings. The first-order chi connectivity index (χ1) is 10.7. The SMILES string of the molecule is O=C(NCC#Cc1cccc(Cl)c1)c1ccc2nc[nH]c2c1. The molecule has 1 aromatic heterocycles. The summed E-state index contributed by atoms with van der Waals surface area (Å²) < 4.78 is 0. The Balaban J connectivity index is 1.63. The number of hydrogen-bond acceptors (Lipinski definition) is 2. The molecule has 3 aromatic rings. The highest BCUT2D eigenvalue weighted by atomic mass is 35.5. The molecule has 0 radical (unpaired) electrons. The maximum absolute atomic E-state index is 12.0. The van der Waals surface area contributed by atoms with Gasteiger partial charge in [0.2, 0.25) is 0 Å². The van der Waals surface area contributed by atoms with Crippen molar-refractivity contribution in [3.05, 3.63) is 64.9 Å². The van der Waals surface area contributed by atoms with E-state index in [-0.39, 0.29) is 12.5 Å². The standard InChI is InChI=1S/C17H12ClN3O/c18-14-5-1-3-12(9-14)4-2-8-19-17(22)13-6-7-15-16(10-13)21-11-20-15/h1,3,5-7,9-11H,8H2,(H,19,22)(H,20,21). The first-order valence-electron chi connectivity index (χ1n) is 6.68. The lowest BCUT2D eigenvalue weighted by atomic mass is 10.2. The second kappa shape index (κ2) is 6.33. The summed E-state index contributed by atoms with van der Waals surface area (Å²) >= 11 is 5.88. The first kappa shape index (κ1) is 14.2. The van der Waals surface area contributed by atoms with Crippen LogP contribution in [0.15, 0.2) is 48.8 Å². The van der Waals surface area contributed by atoms with E-state index in [2.05, 4.69) is 27.1 Å². The largest absolute Gasteiger partial charge is 0.345 e. The number of benzene rings is 2. The molecule has 4 nitrogen and oxygen atoms in total. The highest BCUT2D eigenvalue weighted by molar-refractivity contribution is 6.30. The predicted molar refractivity (Wildman–Crippen MR) is 86.8 cm³/mol. The van der Waals surface area contributed by atoms with Crippen molar-refractivity contribution in [3.63, 3.8) is 0 Å². The molecular weight excluding hydrogens is 298 g/mol. The van der Waals surface area contributed by atoms with Gasteiger partial charge in [-0.25, -0.2) is 4.98 Å². The van der Waals surface area contributed by atoms with E-state index in [0.29, 0.717) is 10.6 Å². The van der Waals surface area contributed by atoms with Crippen molar-refractivity contribution in [1.82, 2.24) is 15.3 Å². The average molecular weight is 310 g/mol. The summed E-state index contributed by atoms with van der Waals surface area (Å²) in [6.07, 6.45) is 1.60. The fourth-order valence-corrected chi connectivity index (χ4v) is 2.21. The summed E-state index contributed by atoms with van der Waals surface area (Å²) in [6.45, 7) is 0.270. The van der Waals surface area contributed by atoms with Crippen LogP contribution in [0.4, 0.5) is 0 Å². The highest BCUT2D eigenvalue weighted by Crippen LogP contribution is 2.11. The number of fused-ring (bicyclic) bond motifs is 1. The van der Waals surface area contributed by atoms with Crippen LogP contribution < -0.4 is 5.32 Å². The van der Waals surface area contributed by atoms with Crippen LogP contribution >= 0.6 is 11.6 Å². The van der Waals surface area contributed by atoms with Gasteiger partial charge in [0.1, 0.15) is 0 Å². The molecule has 1 heterocycles. The van der Waals surface area contributed by atoms with Crippen molar-refractivity contribution in [1.29, 1.82) is 0 Å². The Morgan fingerprint density at radius 1 is 1.27 bits per heavy atom. The Hall–Kier alpha value is -2.77. The van der Waals surface area contributed by atoms with Gasteiger partial charge in [0.15, 0.2) is 0 Å². The number of nitrogens with one attached hydrogen (secondary N) is 2. The zero-order valence-corrected chi connectivity index (χ0v) is 12.3. The average Bonchev–Trinajstić information content (AvgIpc) is 2.99. The number of aromatic amines is 1. The molecule has 0 bridgehead atoms. The molecule has 0 aliphatic rings. The fourth-order valence-electron chi connectivity index (χ4n) is 2.02. The summed E-state index contributed by atoms with van der Waals surface area (Å²) in [5, 5.41) is 3.40. The van der Waals surface area contributed by atoms with E-state index >= 15 is 0 Å². The number of amides is 1. The van der Waals surface area contributed by atoms with Crippen molar-refractivity contribution in [2.24, 2.45) is 0 Å². The van der Waals surface area contributed by atoms with E-state index in [9.17, 15) is 4.79 Å². The zero-order chi connectivity index (χ0) is 15.4. The summed E-state index contributed by atoms with van der Waals surface area (Å²) in [5.74, 6) is 5.68. The number of carbonyl (C=O) groups excluding carboxylic acids is 1. The topological polar surface area (TPSA) is 57.8 Å². The van der Waals surface area contributed by atoms with Crippen LogP contribution in [0.5, 0.6) is 0 Å². The van der Waals surface area contributed by atoms with Crippen LogP contribution in [0.1, 0.15) is 15.9 Å². The Labute approximate surface area is 132 Å². The minimum atomic E-state index is -0.170. The number of rotatable bonds is 2. The van der Waals surface area contributed by atoms with Gasteiger partial charge < -0.3 is 10.3 Å². The molecule has 2 aromatic carbocycles. The molecule has 5 heteroatoms. The molecule has 108 valence electrons. The zero-order valence-electron chi connectivity index (χ0n) is 11.6. The van der Waals surface area contributed by atoms with Crippen molar-refractivity contribution in [2.45, 2.75) is 0 Å². The number of carbonyl (C=O) groups is 1. The summed E-state index contributed by atoms with van der Waals surface area (Å²) in [7, 11) is 0. The number of hydrogen-bond donors (Lipinski definition) is 2. The molecule has 0 saturated carbocycles. The third-order valence-electron chi connectivity index (χ3n) is 3.08. The first-order valence-corrected chi connectivity index (χ1v) is 7.06. The smallest absolute Gasteiger partial charge is 0.252 e. The number of halogens is 1. The van der Waals surface area contributed by atoms with Gasteiger partial charge in [-0.05, 0) is 36.4 Å². The van der Waals surface area contributed by atoms with Gasteiger partial charge in [0.05, 0.1) is 23.9 Å². The maximum atomic E-state index is 12.0. The van der Waals surface area contributed by atoms with E-state index in [1.807, 2.05) is 12.1 Å². The molecule has 0 unspecified atom stereocenters. The number of H-pyrrole nitrogens is 1. The van der Waals surface area contributed by atoms with Gasteiger partial charge in [-0.3, -0.25) is 4.79 Å². The summed E-state index contributed by atoms with van der Waals surface area (Å²) in [5.41, 5.74) is 3.05. The van der Waals surface area contributed by atoms with Crippen LogP contribution in [-0.2, 0) is 0 Å². The predicted octanol–water partition coefficient (Wildman–Crippen LogP) is 3.00. The molecule has 2 N–H and O–H groups in total. The third-order valence-corrected chi connectivity index (χ3v) is 3.31. The van der Waals surface area contributed by atoms with Crippen LogP contribution in [0.3, 0.4) is 0 Å². The quantitative estimate of drug-likeness (QED) is 0.715. The summed E-state index contributed by atoms with van der Waals surface area (Å²) in [4.78, 5) is 19.1.